The second kappa shape index (κ2) is 6.30. The summed E-state index contributed by atoms with van der Waals surface area (Å²) in [6.45, 7) is 1.69. The van der Waals surface area contributed by atoms with Gasteiger partial charge in [-0.3, -0.25) is 9.59 Å². The van der Waals surface area contributed by atoms with Crippen LogP contribution in [0.15, 0.2) is 48.8 Å². The summed E-state index contributed by atoms with van der Waals surface area (Å²) in [5.74, 6) is -0.126. The van der Waals surface area contributed by atoms with E-state index in [1.165, 1.54) is 6.92 Å². The zero-order valence-electron chi connectivity index (χ0n) is 11.0. The van der Waals surface area contributed by atoms with E-state index in [4.69, 9.17) is 11.6 Å². The average molecular weight is 290 g/mol. The van der Waals surface area contributed by atoms with E-state index in [9.17, 15) is 9.59 Å². The number of hydrogen-bond acceptors (Lipinski definition) is 2. The summed E-state index contributed by atoms with van der Waals surface area (Å²) in [5, 5.41) is 3.28. The molecule has 1 aromatic heterocycles. The Balaban J connectivity index is 2.04. The van der Waals surface area contributed by atoms with Crippen LogP contribution in [0.2, 0.25) is 5.02 Å². The number of amides is 1. The number of rotatable bonds is 4. The van der Waals surface area contributed by atoms with Gasteiger partial charge in [0.05, 0.1) is 5.69 Å². The van der Waals surface area contributed by atoms with Gasteiger partial charge in [0.15, 0.2) is 12.4 Å². The Hall–Kier alpha value is -2.20. The normalized spacial score (nSPS) is 10.1. The first-order chi connectivity index (χ1) is 9.54. The van der Waals surface area contributed by atoms with Crippen LogP contribution in [0.1, 0.15) is 17.3 Å². The number of carbonyl (C=O) groups is 2. The van der Waals surface area contributed by atoms with Crippen LogP contribution < -0.4 is 9.88 Å². The van der Waals surface area contributed by atoms with Crippen molar-refractivity contribution in [2.75, 3.05) is 5.32 Å². The zero-order valence-corrected chi connectivity index (χ0v) is 11.7. The number of nitrogens with zero attached hydrogens (tertiary/aromatic N) is 1. The lowest BCUT2D eigenvalue weighted by molar-refractivity contribution is -0.683. The van der Waals surface area contributed by atoms with E-state index in [1.54, 1.807) is 53.4 Å². The van der Waals surface area contributed by atoms with Gasteiger partial charge in [-0.05, 0) is 24.3 Å². The number of Topliss-reactive ketones (excluding diaryl/α,β-unsaturated/α-hetero) is 1. The number of benzene rings is 1. The van der Waals surface area contributed by atoms with E-state index in [2.05, 4.69) is 5.32 Å². The average Bonchev–Trinajstić information content (AvgIpc) is 2.41. The highest BCUT2D eigenvalue weighted by atomic mass is 35.5. The number of ketones is 1. The molecule has 0 atom stereocenters. The van der Waals surface area contributed by atoms with Crippen molar-refractivity contribution in [2.24, 2.45) is 0 Å². The Bertz CT molecular complexity index is 621. The molecule has 5 heteroatoms. The van der Waals surface area contributed by atoms with Gasteiger partial charge in [-0.15, -0.1) is 0 Å². The van der Waals surface area contributed by atoms with Crippen molar-refractivity contribution in [3.05, 3.63) is 59.4 Å². The Morgan fingerprint density at radius 1 is 1.10 bits per heavy atom. The third kappa shape index (κ3) is 3.90. The topological polar surface area (TPSA) is 50.1 Å². The van der Waals surface area contributed by atoms with Crippen molar-refractivity contribution >= 4 is 29.0 Å². The van der Waals surface area contributed by atoms with Gasteiger partial charge in [0.1, 0.15) is 0 Å². The van der Waals surface area contributed by atoms with Gasteiger partial charge in [0.2, 0.25) is 18.2 Å². The van der Waals surface area contributed by atoms with Crippen molar-refractivity contribution in [3.63, 3.8) is 0 Å². The highest BCUT2D eigenvalue weighted by molar-refractivity contribution is 6.30. The SMILES string of the molecule is CC(=O)Nc1cc[n+](CC(=O)c2ccc(Cl)cc2)cc1. The molecule has 0 aliphatic rings. The monoisotopic (exact) mass is 289 g/mol. The molecule has 4 nitrogen and oxygen atoms in total. The molecule has 102 valence electrons. The Kier molecular flexibility index (Phi) is 4.48. The van der Waals surface area contributed by atoms with Crippen LogP contribution in [-0.4, -0.2) is 11.7 Å². The molecule has 1 N–H and O–H groups in total. The molecule has 2 aromatic rings. The second-order valence-electron chi connectivity index (χ2n) is 4.37. The molecule has 0 unspecified atom stereocenters. The number of aromatic nitrogens is 1. The molecular formula is C15H14ClN2O2+. The first-order valence-electron chi connectivity index (χ1n) is 6.10. The maximum Gasteiger partial charge on any atom is 0.227 e. The third-order valence-electron chi connectivity index (χ3n) is 2.70. The third-order valence-corrected chi connectivity index (χ3v) is 2.96. The van der Waals surface area contributed by atoms with Gasteiger partial charge in [0.25, 0.3) is 0 Å². The molecule has 0 aliphatic carbocycles. The predicted molar refractivity (Wildman–Crippen MR) is 76.7 cm³/mol. The van der Waals surface area contributed by atoms with E-state index < -0.39 is 0 Å². The van der Waals surface area contributed by atoms with Gasteiger partial charge >= 0.3 is 0 Å². The fourth-order valence-corrected chi connectivity index (χ4v) is 1.87. The fraction of sp³-hybridized carbons (Fsp3) is 0.133. The zero-order chi connectivity index (χ0) is 14.5. The van der Waals surface area contributed by atoms with E-state index in [-0.39, 0.29) is 18.2 Å². The summed E-state index contributed by atoms with van der Waals surface area (Å²) in [7, 11) is 0. The van der Waals surface area contributed by atoms with Crippen LogP contribution in [0.25, 0.3) is 0 Å². The second-order valence-corrected chi connectivity index (χ2v) is 4.81. The number of nitrogens with one attached hydrogen (secondary N) is 1. The first-order valence-corrected chi connectivity index (χ1v) is 6.48. The lowest BCUT2D eigenvalue weighted by Crippen LogP contribution is -2.37. The maximum atomic E-state index is 12.1. The van der Waals surface area contributed by atoms with Gasteiger partial charge in [0, 0.05) is 29.6 Å². The molecule has 0 spiro atoms. The van der Waals surface area contributed by atoms with Crippen LogP contribution in [0.3, 0.4) is 0 Å². The highest BCUT2D eigenvalue weighted by Gasteiger charge is 2.12. The molecule has 1 amide bonds. The Morgan fingerprint density at radius 2 is 1.70 bits per heavy atom. The minimum absolute atomic E-state index is 0.000978. The lowest BCUT2D eigenvalue weighted by atomic mass is 10.1. The van der Waals surface area contributed by atoms with E-state index in [1.807, 2.05) is 0 Å². The largest absolute Gasteiger partial charge is 0.326 e. The van der Waals surface area contributed by atoms with Crippen molar-refractivity contribution in [1.29, 1.82) is 0 Å². The van der Waals surface area contributed by atoms with Crippen molar-refractivity contribution < 1.29 is 14.2 Å². The standard InChI is InChI=1S/C15H13ClN2O2/c1-11(19)17-14-6-8-18(9-7-14)10-15(20)12-2-4-13(16)5-3-12/h2-9H,10H2,1H3/p+1. The summed E-state index contributed by atoms with van der Waals surface area (Å²) >= 11 is 5.78. The Labute approximate surface area is 122 Å². The molecule has 0 saturated heterocycles. The predicted octanol–water partition coefficient (Wildman–Crippen LogP) is 2.47. The van der Waals surface area contributed by atoms with Gasteiger partial charge in [-0.25, -0.2) is 0 Å². The van der Waals surface area contributed by atoms with Crippen molar-refractivity contribution in [1.82, 2.24) is 0 Å². The summed E-state index contributed by atoms with van der Waals surface area (Å²) in [4.78, 5) is 23.0. The lowest BCUT2D eigenvalue weighted by Gasteiger charge is -2.01. The molecule has 0 radical (unpaired) electrons. The molecule has 0 bridgehead atoms. The molecule has 0 saturated carbocycles. The molecule has 2 rings (SSSR count). The molecule has 20 heavy (non-hydrogen) atoms. The quantitative estimate of drug-likeness (QED) is 0.694. The van der Waals surface area contributed by atoms with E-state index in [0.717, 1.165) is 0 Å². The molecule has 1 aromatic carbocycles. The maximum absolute atomic E-state index is 12.1. The fourth-order valence-electron chi connectivity index (χ4n) is 1.74. The summed E-state index contributed by atoms with van der Waals surface area (Å²) in [6.07, 6.45) is 3.50. The number of pyridine rings is 1. The minimum Gasteiger partial charge on any atom is -0.326 e. The molecule has 0 fully saturated rings. The molecular weight excluding hydrogens is 276 g/mol. The smallest absolute Gasteiger partial charge is 0.227 e. The number of anilines is 1. The minimum atomic E-state index is -0.125. The highest BCUT2D eigenvalue weighted by Crippen LogP contribution is 2.10. The number of carbonyl (C=O) groups excluding carboxylic acids is 2. The number of hydrogen-bond donors (Lipinski definition) is 1. The number of halogens is 1. The molecule has 1 heterocycles. The van der Waals surface area contributed by atoms with Gasteiger partial charge in [-0.1, -0.05) is 11.6 Å². The summed E-state index contributed by atoms with van der Waals surface area (Å²) in [5.41, 5.74) is 1.32. The van der Waals surface area contributed by atoms with Crippen molar-refractivity contribution in [3.8, 4) is 0 Å². The van der Waals surface area contributed by atoms with Gasteiger partial charge < -0.3 is 5.32 Å². The molecule has 0 aliphatic heterocycles. The van der Waals surface area contributed by atoms with Crippen molar-refractivity contribution in [2.45, 2.75) is 13.5 Å². The van der Waals surface area contributed by atoms with Gasteiger partial charge in [-0.2, -0.15) is 4.57 Å². The van der Waals surface area contributed by atoms with E-state index >= 15 is 0 Å². The van der Waals surface area contributed by atoms with Crippen LogP contribution >= 0.6 is 11.6 Å². The summed E-state index contributed by atoms with van der Waals surface area (Å²) in [6, 6.07) is 10.3. The van der Waals surface area contributed by atoms with Crippen LogP contribution in [0.4, 0.5) is 5.69 Å². The van der Waals surface area contributed by atoms with E-state index in [0.29, 0.717) is 16.3 Å². The Morgan fingerprint density at radius 3 is 2.25 bits per heavy atom. The van der Waals surface area contributed by atoms with Crippen LogP contribution in [-0.2, 0) is 11.3 Å². The summed E-state index contributed by atoms with van der Waals surface area (Å²) < 4.78 is 1.75. The first kappa shape index (κ1) is 14.2. The van der Waals surface area contributed by atoms with Crippen LogP contribution in [0.5, 0.6) is 0 Å². The van der Waals surface area contributed by atoms with Crippen LogP contribution in [0, 0.1) is 0 Å².